The molecular weight excluding hydrogens is 134 g/mol. The summed E-state index contributed by atoms with van der Waals surface area (Å²) in [6.07, 6.45) is 0.829. The van der Waals surface area contributed by atoms with Crippen LogP contribution in [0.1, 0.15) is 20.3 Å². The van der Waals surface area contributed by atoms with Crippen LogP contribution in [-0.2, 0) is 0 Å². The molecule has 0 radical (unpaired) electrons. The van der Waals surface area contributed by atoms with Gasteiger partial charge in [0.25, 0.3) is 0 Å². The van der Waals surface area contributed by atoms with Crippen LogP contribution in [0, 0.1) is 5.41 Å². The Morgan fingerprint density at radius 2 is 2.33 bits per heavy atom. The fraction of sp³-hybridized carbons (Fsp3) is 0.800. The van der Waals surface area contributed by atoms with Crippen molar-refractivity contribution in [1.29, 1.82) is 5.41 Å². The molecule has 0 aromatic rings. The average Bonchev–Trinajstić information content (AvgIpc) is 1.63. The summed E-state index contributed by atoms with van der Waals surface area (Å²) in [6, 6.07) is 0. The van der Waals surface area contributed by atoms with E-state index in [0.717, 1.165) is 6.42 Å². The van der Waals surface area contributed by atoms with E-state index in [2.05, 4.69) is 17.9 Å². The first-order valence-electron chi connectivity index (χ1n) is 2.82. The molecule has 0 bridgehead atoms. The van der Waals surface area contributed by atoms with Crippen molar-refractivity contribution in [3.8, 4) is 0 Å². The van der Waals surface area contributed by atoms with Crippen LogP contribution in [0.25, 0.3) is 0 Å². The Balaban J connectivity index is 3.71. The molecule has 9 heavy (non-hydrogen) atoms. The van der Waals surface area contributed by atoms with E-state index in [0.29, 0.717) is 0 Å². The van der Waals surface area contributed by atoms with Crippen LogP contribution in [0.5, 0.6) is 0 Å². The smallest absolute Gasteiger partial charge is 0.186 e. The van der Waals surface area contributed by atoms with Crippen LogP contribution in [0.3, 0.4) is 0 Å². The van der Waals surface area contributed by atoms with Crippen LogP contribution in [-0.4, -0.2) is 10.8 Å². The van der Waals surface area contributed by atoms with Gasteiger partial charge in [-0.1, -0.05) is 6.92 Å². The lowest BCUT2D eigenvalue weighted by atomic mass is 10.2. The number of guanidine groups is 1. The third kappa shape index (κ3) is 4.14. The summed E-state index contributed by atoms with van der Waals surface area (Å²) in [6.45, 7) is 3.85. The lowest BCUT2D eigenvalue weighted by Crippen LogP contribution is -2.44. The van der Waals surface area contributed by atoms with Gasteiger partial charge >= 0.3 is 0 Å². The second-order valence-electron chi connectivity index (χ2n) is 2.17. The first kappa shape index (κ1) is 8.62. The van der Waals surface area contributed by atoms with E-state index >= 15 is 0 Å². The Kier molecular flexibility index (Phi) is 2.84. The molecule has 0 aromatic heterocycles. The molecule has 0 aromatic carbocycles. The second kappa shape index (κ2) is 2.96. The SMILES string of the molecule is CCC(C)(S)NC(=N)N. The number of hydrogen-bond acceptors (Lipinski definition) is 2. The van der Waals surface area contributed by atoms with Crippen molar-refractivity contribution in [3.63, 3.8) is 0 Å². The van der Waals surface area contributed by atoms with Gasteiger partial charge in [0.2, 0.25) is 0 Å². The summed E-state index contributed by atoms with van der Waals surface area (Å²) in [7, 11) is 0. The molecule has 0 spiro atoms. The number of hydrogen-bond donors (Lipinski definition) is 4. The largest absolute Gasteiger partial charge is 0.370 e. The number of nitrogens with one attached hydrogen (secondary N) is 2. The van der Waals surface area contributed by atoms with Gasteiger partial charge in [0.15, 0.2) is 5.96 Å². The van der Waals surface area contributed by atoms with Gasteiger partial charge in [0, 0.05) is 0 Å². The maximum atomic E-state index is 6.87. The highest BCUT2D eigenvalue weighted by atomic mass is 32.1. The van der Waals surface area contributed by atoms with Gasteiger partial charge in [-0.05, 0) is 13.3 Å². The molecule has 0 aliphatic heterocycles. The standard InChI is InChI=1S/C5H13N3S/c1-3-5(2,9)8-4(6)7/h9H,3H2,1-2H3,(H4,6,7,8). The Hall–Kier alpha value is -0.380. The van der Waals surface area contributed by atoms with Crippen LogP contribution in [0.2, 0.25) is 0 Å². The topological polar surface area (TPSA) is 61.9 Å². The lowest BCUT2D eigenvalue weighted by Gasteiger charge is -2.22. The van der Waals surface area contributed by atoms with Crippen LogP contribution >= 0.6 is 12.6 Å². The highest BCUT2D eigenvalue weighted by Gasteiger charge is 2.14. The zero-order chi connectivity index (χ0) is 7.49. The molecule has 3 nitrogen and oxygen atoms in total. The van der Waals surface area contributed by atoms with E-state index in [1.165, 1.54) is 0 Å². The van der Waals surface area contributed by atoms with Gasteiger partial charge in [-0.2, -0.15) is 12.6 Å². The fourth-order valence-corrected chi connectivity index (χ4v) is 0.499. The zero-order valence-corrected chi connectivity index (χ0v) is 6.63. The van der Waals surface area contributed by atoms with Crippen LogP contribution in [0.15, 0.2) is 0 Å². The molecule has 0 aliphatic carbocycles. The van der Waals surface area contributed by atoms with Crippen LogP contribution in [0.4, 0.5) is 0 Å². The number of rotatable bonds is 2. The van der Waals surface area contributed by atoms with Crippen molar-refractivity contribution in [1.82, 2.24) is 5.32 Å². The predicted octanol–water partition coefficient (Wildman–Crippen LogP) is 0.525. The summed E-state index contributed by atoms with van der Waals surface area (Å²) in [5, 5.41) is 9.57. The maximum Gasteiger partial charge on any atom is 0.186 e. The molecular formula is C5H13N3S. The second-order valence-corrected chi connectivity index (χ2v) is 3.15. The van der Waals surface area contributed by atoms with Crippen molar-refractivity contribution in [3.05, 3.63) is 0 Å². The number of nitrogens with two attached hydrogens (primary N) is 1. The molecule has 4 N–H and O–H groups in total. The molecule has 1 atom stereocenters. The zero-order valence-electron chi connectivity index (χ0n) is 5.73. The van der Waals surface area contributed by atoms with Crippen molar-refractivity contribution in [2.45, 2.75) is 25.1 Å². The van der Waals surface area contributed by atoms with Crippen molar-refractivity contribution >= 4 is 18.6 Å². The third-order valence-electron chi connectivity index (χ3n) is 1.09. The van der Waals surface area contributed by atoms with Gasteiger partial charge in [0.1, 0.15) is 0 Å². The van der Waals surface area contributed by atoms with Gasteiger partial charge in [-0.25, -0.2) is 0 Å². The van der Waals surface area contributed by atoms with Gasteiger partial charge in [-0.15, -0.1) is 0 Å². The van der Waals surface area contributed by atoms with E-state index < -0.39 is 0 Å². The first-order chi connectivity index (χ1) is 3.98. The minimum absolute atomic E-state index is 0.0330. The molecule has 0 heterocycles. The summed E-state index contributed by atoms with van der Waals surface area (Å²) >= 11 is 4.19. The molecule has 1 unspecified atom stereocenters. The molecule has 54 valence electrons. The average molecular weight is 147 g/mol. The summed E-state index contributed by atoms with van der Waals surface area (Å²) < 4.78 is 0. The first-order valence-corrected chi connectivity index (χ1v) is 3.27. The molecule has 0 amide bonds. The highest BCUT2D eigenvalue weighted by molar-refractivity contribution is 7.81. The minimum Gasteiger partial charge on any atom is -0.370 e. The summed E-state index contributed by atoms with van der Waals surface area (Å²) in [4.78, 5) is -0.341. The number of thiol groups is 1. The predicted molar refractivity (Wildman–Crippen MR) is 42.7 cm³/mol. The fourth-order valence-electron chi connectivity index (χ4n) is 0.379. The molecule has 0 rings (SSSR count). The van der Waals surface area contributed by atoms with Crippen molar-refractivity contribution in [2.75, 3.05) is 0 Å². The Morgan fingerprint density at radius 1 is 1.89 bits per heavy atom. The molecule has 0 saturated heterocycles. The normalized spacial score (nSPS) is 16.3. The van der Waals surface area contributed by atoms with E-state index in [4.69, 9.17) is 11.1 Å². The van der Waals surface area contributed by atoms with Crippen molar-refractivity contribution in [2.24, 2.45) is 5.73 Å². The van der Waals surface area contributed by atoms with Gasteiger partial charge in [-0.3, -0.25) is 5.41 Å². The molecule has 0 fully saturated rings. The Labute approximate surface area is 60.9 Å². The van der Waals surface area contributed by atoms with E-state index in [9.17, 15) is 0 Å². The van der Waals surface area contributed by atoms with Crippen molar-refractivity contribution < 1.29 is 0 Å². The molecule has 4 heteroatoms. The van der Waals surface area contributed by atoms with Gasteiger partial charge < -0.3 is 11.1 Å². The van der Waals surface area contributed by atoms with E-state index in [1.807, 2.05) is 13.8 Å². The maximum absolute atomic E-state index is 6.87. The summed E-state index contributed by atoms with van der Waals surface area (Å²) in [5.74, 6) is -0.0330. The summed E-state index contributed by atoms with van der Waals surface area (Å²) in [5.41, 5.74) is 5.08. The lowest BCUT2D eigenvalue weighted by molar-refractivity contribution is 0.584. The van der Waals surface area contributed by atoms with E-state index in [-0.39, 0.29) is 10.8 Å². The Morgan fingerprint density at radius 3 is 2.44 bits per heavy atom. The van der Waals surface area contributed by atoms with Crippen LogP contribution < -0.4 is 11.1 Å². The minimum atomic E-state index is -0.341. The third-order valence-corrected chi connectivity index (χ3v) is 1.52. The highest BCUT2D eigenvalue weighted by Crippen LogP contribution is 2.11. The molecule has 0 aliphatic rings. The molecule has 0 saturated carbocycles. The monoisotopic (exact) mass is 147 g/mol. The quantitative estimate of drug-likeness (QED) is 0.199. The Bertz CT molecular complexity index is 111. The van der Waals surface area contributed by atoms with Gasteiger partial charge in [0.05, 0.1) is 4.87 Å². The van der Waals surface area contributed by atoms with E-state index in [1.54, 1.807) is 0 Å².